The van der Waals surface area contributed by atoms with Crippen LogP contribution in [0.15, 0.2) is 35.1 Å². The fourth-order valence-corrected chi connectivity index (χ4v) is 3.11. The molecule has 0 radical (unpaired) electrons. The smallest absolute Gasteiger partial charge is 0.338 e. The van der Waals surface area contributed by atoms with E-state index in [1.54, 1.807) is 19.1 Å². The Kier molecular flexibility index (Phi) is 6.51. The van der Waals surface area contributed by atoms with E-state index in [1.807, 2.05) is 13.0 Å². The molecule has 0 aliphatic carbocycles. The maximum atomic E-state index is 11.6. The Labute approximate surface area is 173 Å². The topological polar surface area (TPSA) is 147 Å². The molecular formula is C21H22N6O3. The number of esters is 1. The third-order valence-corrected chi connectivity index (χ3v) is 4.88. The number of aromatic nitrogens is 2. The van der Waals surface area contributed by atoms with Crippen molar-refractivity contribution in [1.29, 1.82) is 5.26 Å². The zero-order chi connectivity index (χ0) is 21.7. The number of aryl methyl sites for hydroxylation is 1. The number of aliphatic imine (C=N–C) groups is 1. The number of benzene rings is 1. The van der Waals surface area contributed by atoms with Crippen molar-refractivity contribution in [3.8, 4) is 6.07 Å². The highest BCUT2D eigenvalue weighted by atomic mass is 16.5. The summed E-state index contributed by atoms with van der Waals surface area (Å²) in [6, 6.07) is 5.44. The van der Waals surface area contributed by atoms with E-state index in [0.717, 1.165) is 16.7 Å². The number of rotatable bonds is 7. The van der Waals surface area contributed by atoms with Gasteiger partial charge >= 0.3 is 5.97 Å². The van der Waals surface area contributed by atoms with Gasteiger partial charge in [-0.2, -0.15) is 5.26 Å². The number of carbonyl (C=O) groups is 1. The van der Waals surface area contributed by atoms with Gasteiger partial charge in [-0.25, -0.2) is 19.8 Å². The summed E-state index contributed by atoms with van der Waals surface area (Å²) < 4.78 is 5.05. The number of aliphatic hydroxyl groups excluding tert-OH is 1. The Balaban J connectivity index is 1.58. The first-order chi connectivity index (χ1) is 14.4. The van der Waals surface area contributed by atoms with Crippen LogP contribution in [0, 0.1) is 25.2 Å². The summed E-state index contributed by atoms with van der Waals surface area (Å²) in [5.41, 5.74) is 10.3. The second-order valence-electron chi connectivity index (χ2n) is 6.81. The SMILES string of the molecule is Cc1nc(N=CC(=CN)CNC[C@H](O)c2ccc3c(c2C)COC3=O)ncc1C#N. The fourth-order valence-electron chi connectivity index (χ4n) is 3.11. The molecule has 2 aromatic rings. The number of nitrogens with one attached hydrogen (secondary N) is 1. The van der Waals surface area contributed by atoms with E-state index >= 15 is 0 Å². The summed E-state index contributed by atoms with van der Waals surface area (Å²) in [6.07, 6.45) is 3.60. The van der Waals surface area contributed by atoms with Gasteiger partial charge < -0.3 is 20.9 Å². The first-order valence-corrected chi connectivity index (χ1v) is 9.31. The zero-order valence-electron chi connectivity index (χ0n) is 16.7. The molecule has 2 heterocycles. The molecule has 1 aromatic carbocycles. The third-order valence-electron chi connectivity index (χ3n) is 4.88. The number of nitrogens with two attached hydrogens (primary N) is 1. The minimum atomic E-state index is -0.758. The molecule has 9 nitrogen and oxygen atoms in total. The number of ether oxygens (including phenoxy) is 1. The largest absolute Gasteiger partial charge is 0.457 e. The van der Waals surface area contributed by atoms with Gasteiger partial charge in [-0.05, 0) is 42.8 Å². The van der Waals surface area contributed by atoms with Gasteiger partial charge in [0.1, 0.15) is 12.7 Å². The van der Waals surface area contributed by atoms with Crippen LogP contribution in [0.25, 0.3) is 0 Å². The summed E-state index contributed by atoms with van der Waals surface area (Å²) in [7, 11) is 0. The van der Waals surface area contributed by atoms with Crippen LogP contribution < -0.4 is 11.1 Å². The van der Waals surface area contributed by atoms with Crippen molar-refractivity contribution in [2.24, 2.45) is 10.7 Å². The molecule has 0 fully saturated rings. The Morgan fingerprint density at radius 3 is 3.00 bits per heavy atom. The van der Waals surface area contributed by atoms with Crippen molar-refractivity contribution in [3.05, 3.63) is 63.6 Å². The first kappa shape index (κ1) is 21.1. The lowest BCUT2D eigenvalue weighted by molar-refractivity contribution is 0.0535. The monoisotopic (exact) mass is 406 g/mol. The average molecular weight is 406 g/mol. The second kappa shape index (κ2) is 9.26. The number of nitriles is 1. The molecule has 0 bridgehead atoms. The van der Waals surface area contributed by atoms with E-state index in [9.17, 15) is 9.90 Å². The highest BCUT2D eigenvalue weighted by molar-refractivity contribution is 5.94. The van der Waals surface area contributed by atoms with Crippen LogP contribution in [0.2, 0.25) is 0 Å². The van der Waals surface area contributed by atoms with Gasteiger partial charge in [-0.3, -0.25) is 0 Å². The highest BCUT2D eigenvalue weighted by Crippen LogP contribution is 2.28. The van der Waals surface area contributed by atoms with Gasteiger partial charge in [0.25, 0.3) is 0 Å². The van der Waals surface area contributed by atoms with Gasteiger partial charge in [0.2, 0.25) is 5.95 Å². The number of cyclic esters (lactones) is 1. The summed E-state index contributed by atoms with van der Waals surface area (Å²) >= 11 is 0. The van der Waals surface area contributed by atoms with E-state index in [1.165, 1.54) is 18.6 Å². The number of aliphatic hydroxyl groups is 1. The molecule has 4 N–H and O–H groups in total. The van der Waals surface area contributed by atoms with Crippen molar-refractivity contribution >= 4 is 18.1 Å². The molecule has 9 heteroatoms. The molecule has 30 heavy (non-hydrogen) atoms. The number of hydrogen-bond donors (Lipinski definition) is 3. The normalized spacial score (nSPS) is 14.5. The van der Waals surface area contributed by atoms with Gasteiger partial charge in [-0.1, -0.05) is 6.07 Å². The first-order valence-electron chi connectivity index (χ1n) is 9.31. The van der Waals surface area contributed by atoms with Crippen molar-refractivity contribution in [2.75, 3.05) is 13.1 Å². The van der Waals surface area contributed by atoms with E-state index < -0.39 is 6.10 Å². The summed E-state index contributed by atoms with van der Waals surface area (Å²) in [6.45, 7) is 4.48. The lowest BCUT2D eigenvalue weighted by Gasteiger charge is -2.16. The summed E-state index contributed by atoms with van der Waals surface area (Å²) in [4.78, 5) is 24.0. The Morgan fingerprint density at radius 1 is 1.50 bits per heavy atom. The molecule has 3 rings (SSSR count). The zero-order valence-corrected chi connectivity index (χ0v) is 16.7. The summed E-state index contributed by atoms with van der Waals surface area (Å²) in [5, 5.41) is 22.6. The van der Waals surface area contributed by atoms with Crippen LogP contribution in [-0.2, 0) is 11.3 Å². The van der Waals surface area contributed by atoms with Crippen LogP contribution in [0.3, 0.4) is 0 Å². The van der Waals surface area contributed by atoms with Crippen molar-refractivity contribution in [1.82, 2.24) is 15.3 Å². The predicted octanol–water partition coefficient (Wildman–Crippen LogP) is 1.50. The van der Waals surface area contributed by atoms with Gasteiger partial charge in [0.15, 0.2) is 0 Å². The van der Waals surface area contributed by atoms with E-state index in [0.29, 0.717) is 28.9 Å². The molecule has 1 aliphatic heterocycles. The minimum Gasteiger partial charge on any atom is -0.457 e. The van der Waals surface area contributed by atoms with Crippen LogP contribution >= 0.6 is 0 Å². The third kappa shape index (κ3) is 4.51. The molecule has 0 saturated heterocycles. The number of hydrogen-bond acceptors (Lipinski definition) is 9. The second-order valence-corrected chi connectivity index (χ2v) is 6.81. The molecule has 0 unspecified atom stereocenters. The van der Waals surface area contributed by atoms with Gasteiger partial charge in [0.05, 0.1) is 29.1 Å². The van der Waals surface area contributed by atoms with E-state index in [4.69, 9.17) is 15.7 Å². The van der Waals surface area contributed by atoms with Crippen molar-refractivity contribution in [2.45, 2.75) is 26.6 Å². The predicted molar refractivity (Wildman–Crippen MR) is 110 cm³/mol. The van der Waals surface area contributed by atoms with Crippen LogP contribution in [0.1, 0.15) is 44.4 Å². The van der Waals surface area contributed by atoms with Crippen molar-refractivity contribution < 1.29 is 14.6 Å². The number of fused-ring (bicyclic) bond motifs is 1. The Bertz CT molecular complexity index is 1070. The highest BCUT2D eigenvalue weighted by Gasteiger charge is 2.25. The molecular weight excluding hydrogens is 384 g/mol. The lowest BCUT2D eigenvalue weighted by Crippen LogP contribution is -2.25. The average Bonchev–Trinajstić information content (AvgIpc) is 3.12. The Morgan fingerprint density at radius 2 is 2.30 bits per heavy atom. The van der Waals surface area contributed by atoms with E-state index in [-0.39, 0.29) is 25.1 Å². The fraction of sp³-hybridized carbons (Fsp3) is 0.286. The quantitative estimate of drug-likeness (QED) is 0.463. The minimum absolute atomic E-state index is 0.233. The molecule has 0 saturated carbocycles. The number of carbonyl (C=O) groups excluding carboxylic acids is 1. The Hall–Kier alpha value is -3.61. The molecule has 1 aromatic heterocycles. The van der Waals surface area contributed by atoms with E-state index in [2.05, 4.69) is 20.3 Å². The molecule has 0 amide bonds. The maximum absolute atomic E-state index is 11.6. The standard InChI is InChI=1S/C21H22N6O3/c1-12-16(3-4-17-18(12)11-30-20(17)29)19(28)10-24-7-14(5-22)8-25-21-26-9-15(6-23)13(2)27-21/h3-5,8-9,19,24,28H,7,10-11,22H2,1-2H3/t19-/m0/s1. The summed E-state index contributed by atoms with van der Waals surface area (Å²) in [5.74, 6) is -0.0952. The molecule has 1 atom stereocenters. The molecule has 154 valence electrons. The lowest BCUT2D eigenvalue weighted by atomic mass is 9.95. The van der Waals surface area contributed by atoms with Gasteiger partial charge in [0, 0.05) is 24.9 Å². The van der Waals surface area contributed by atoms with Crippen molar-refractivity contribution in [3.63, 3.8) is 0 Å². The van der Waals surface area contributed by atoms with Crippen LogP contribution in [-0.4, -0.2) is 40.3 Å². The van der Waals surface area contributed by atoms with Crippen LogP contribution in [0.5, 0.6) is 0 Å². The molecule has 1 aliphatic rings. The molecule has 0 spiro atoms. The maximum Gasteiger partial charge on any atom is 0.338 e. The number of nitrogens with zero attached hydrogens (tertiary/aromatic N) is 4. The van der Waals surface area contributed by atoms with Gasteiger partial charge in [-0.15, -0.1) is 0 Å². The van der Waals surface area contributed by atoms with Crippen LogP contribution in [0.4, 0.5) is 5.95 Å².